The van der Waals surface area contributed by atoms with E-state index in [9.17, 15) is 13.6 Å². The Hall–Kier alpha value is -3.03. The molecule has 0 unspecified atom stereocenters. The number of hydrogen-bond acceptors (Lipinski definition) is 4. The molecule has 2 aliphatic rings. The molecule has 1 aromatic carbocycles. The second-order valence-corrected chi connectivity index (χ2v) is 8.39. The van der Waals surface area contributed by atoms with E-state index in [1.165, 1.54) is 36.2 Å². The predicted molar refractivity (Wildman–Crippen MR) is 113 cm³/mol. The highest BCUT2D eigenvalue weighted by atomic mass is 19.1. The first-order chi connectivity index (χ1) is 15.1. The van der Waals surface area contributed by atoms with Crippen LogP contribution < -0.4 is 10.2 Å². The van der Waals surface area contributed by atoms with Gasteiger partial charge in [-0.2, -0.15) is 5.10 Å². The number of carbonyl (C=O) groups excluding carboxylic acids is 1. The molecule has 1 aliphatic heterocycles. The van der Waals surface area contributed by atoms with E-state index < -0.39 is 11.6 Å². The standard InChI is InChI=1S/C23H25F2N5O/c24-17-6-5-16(19(25)13-17)14-27-23(31)15-7-10-29(11-8-15)22-21-18-3-1-2-4-20(18)28-30(21)12-9-26-22/h5-6,9,12-13,15H,1-4,7-8,10-11,14H2,(H,27,31). The highest BCUT2D eigenvalue weighted by Crippen LogP contribution is 2.32. The van der Waals surface area contributed by atoms with Crippen LogP contribution in [0, 0.1) is 17.6 Å². The first-order valence-corrected chi connectivity index (χ1v) is 10.9. The molecule has 6 nitrogen and oxygen atoms in total. The average Bonchev–Trinajstić information content (AvgIpc) is 3.17. The second-order valence-electron chi connectivity index (χ2n) is 8.39. The van der Waals surface area contributed by atoms with Crippen LogP contribution in [0.5, 0.6) is 0 Å². The topological polar surface area (TPSA) is 62.5 Å². The Kier molecular flexibility index (Phi) is 5.29. The molecular weight excluding hydrogens is 400 g/mol. The molecule has 31 heavy (non-hydrogen) atoms. The summed E-state index contributed by atoms with van der Waals surface area (Å²) in [5.74, 6) is -0.526. The smallest absolute Gasteiger partial charge is 0.223 e. The summed E-state index contributed by atoms with van der Waals surface area (Å²) in [7, 11) is 0. The molecule has 1 fully saturated rings. The monoisotopic (exact) mass is 425 g/mol. The summed E-state index contributed by atoms with van der Waals surface area (Å²) >= 11 is 0. The third-order valence-corrected chi connectivity index (χ3v) is 6.43. The van der Waals surface area contributed by atoms with Crippen LogP contribution >= 0.6 is 0 Å². The van der Waals surface area contributed by atoms with Gasteiger partial charge in [0, 0.05) is 55.1 Å². The lowest BCUT2D eigenvalue weighted by atomic mass is 9.94. The van der Waals surface area contributed by atoms with Crippen molar-refractivity contribution in [1.29, 1.82) is 0 Å². The Labute approximate surface area is 179 Å². The summed E-state index contributed by atoms with van der Waals surface area (Å²) in [6, 6.07) is 3.40. The van der Waals surface area contributed by atoms with E-state index in [1.807, 2.05) is 10.7 Å². The lowest BCUT2D eigenvalue weighted by molar-refractivity contribution is -0.125. The van der Waals surface area contributed by atoms with Gasteiger partial charge in [0.1, 0.15) is 17.2 Å². The van der Waals surface area contributed by atoms with Crippen LogP contribution in [0.15, 0.2) is 30.6 Å². The maximum absolute atomic E-state index is 13.8. The van der Waals surface area contributed by atoms with Gasteiger partial charge in [0.25, 0.3) is 0 Å². The van der Waals surface area contributed by atoms with Crippen molar-refractivity contribution in [3.8, 4) is 0 Å². The lowest BCUT2D eigenvalue weighted by Crippen LogP contribution is -2.41. The van der Waals surface area contributed by atoms with Crippen LogP contribution in [0.3, 0.4) is 0 Å². The number of anilines is 1. The van der Waals surface area contributed by atoms with Crippen molar-refractivity contribution < 1.29 is 13.6 Å². The van der Waals surface area contributed by atoms with Crippen molar-refractivity contribution in [2.45, 2.75) is 45.1 Å². The number of aromatic nitrogens is 3. The molecule has 0 atom stereocenters. The van der Waals surface area contributed by atoms with Crippen molar-refractivity contribution in [3.05, 3.63) is 59.0 Å². The van der Waals surface area contributed by atoms with E-state index >= 15 is 0 Å². The Morgan fingerprint density at radius 1 is 1.16 bits per heavy atom. The molecule has 0 bridgehead atoms. The summed E-state index contributed by atoms with van der Waals surface area (Å²) < 4.78 is 28.8. The highest BCUT2D eigenvalue weighted by Gasteiger charge is 2.28. The molecule has 0 spiro atoms. The number of amides is 1. The predicted octanol–water partition coefficient (Wildman–Crippen LogP) is 3.42. The van der Waals surface area contributed by atoms with Crippen LogP contribution in [0.1, 0.15) is 42.5 Å². The number of hydrogen-bond donors (Lipinski definition) is 1. The van der Waals surface area contributed by atoms with E-state index in [0.29, 0.717) is 12.8 Å². The second kappa shape index (κ2) is 8.24. The normalized spacial score (nSPS) is 17.0. The van der Waals surface area contributed by atoms with Gasteiger partial charge in [-0.05, 0) is 44.6 Å². The molecular formula is C23H25F2N5O. The number of nitrogens with zero attached hydrogens (tertiary/aromatic N) is 4. The van der Waals surface area contributed by atoms with Gasteiger partial charge < -0.3 is 10.2 Å². The summed E-state index contributed by atoms with van der Waals surface area (Å²) in [6.45, 7) is 1.53. The van der Waals surface area contributed by atoms with E-state index in [2.05, 4.69) is 15.2 Å². The fourth-order valence-electron chi connectivity index (χ4n) is 4.72. The molecule has 2 aromatic heterocycles. The Balaban J connectivity index is 1.24. The van der Waals surface area contributed by atoms with Gasteiger partial charge in [0.2, 0.25) is 5.91 Å². The van der Waals surface area contributed by atoms with Crippen LogP contribution in [0.2, 0.25) is 0 Å². The third kappa shape index (κ3) is 3.86. The Morgan fingerprint density at radius 3 is 2.77 bits per heavy atom. The maximum Gasteiger partial charge on any atom is 0.223 e. The molecule has 5 rings (SSSR count). The Morgan fingerprint density at radius 2 is 1.97 bits per heavy atom. The number of halogens is 2. The van der Waals surface area contributed by atoms with Gasteiger partial charge in [-0.15, -0.1) is 0 Å². The number of carbonyl (C=O) groups is 1. The van der Waals surface area contributed by atoms with Crippen LogP contribution in [0.4, 0.5) is 14.6 Å². The summed E-state index contributed by atoms with van der Waals surface area (Å²) in [4.78, 5) is 19.5. The zero-order valence-electron chi connectivity index (χ0n) is 17.3. The van der Waals surface area contributed by atoms with Crippen molar-refractivity contribution in [2.75, 3.05) is 18.0 Å². The minimum atomic E-state index is -0.640. The quantitative estimate of drug-likeness (QED) is 0.696. The van der Waals surface area contributed by atoms with Gasteiger partial charge in [-0.1, -0.05) is 6.07 Å². The van der Waals surface area contributed by atoms with Crippen molar-refractivity contribution in [1.82, 2.24) is 19.9 Å². The van der Waals surface area contributed by atoms with Gasteiger partial charge in [-0.3, -0.25) is 4.79 Å². The number of piperidine rings is 1. The molecule has 3 aromatic rings. The van der Waals surface area contributed by atoms with Crippen LogP contribution in [-0.2, 0) is 24.2 Å². The largest absolute Gasteiger partial charge is 0.355 e. The molecule has 3 heterocycles. The minimum absolute atomic E-state index is 0.0635. The first-order valence-electron chi connectivity index (χ1n) is 10.9. The van der Waals surface area contributed by atoms with Crippen molar-refractivity contribution in [2.24, 2.45) is 5.92 Å². The summed E-state index contributed by atoms with van der Waals surface area (Å²) in [6.07, 6.45) is 9.53. The zero-order valence-corrected chi connectivity index (χ0v) is 17.3. The maximum atomic E-state index is 13.8. The number of fused-ring (bicyclic) bond motifs is 3. The van der Waals surface area contributed by atoms with Gasteiger partial charge >= 0.3 is 0 Å². The van der Waals surface area contributed by atoms with Crippen molar-refractivity contribution >= 4 is 17.2 Å². The number of aryl methyl sites for hydroxylation is 2. The van der Waals surface area contributed by atoms with E-state index in [1.54, 1.807) is 6.20 Å². The minimum Gasteiger partial charge on any atom is -0.355 e. The summed E-state index contributed by atoms with van der Waals surface area (Å²) in [5.41, 5.74) is 3.89. The molecule has 162 valence electrons. The highest BCUT2D eigenvalue weighted by molar-refractivity contribution is 5.79. The van der Waals surface area contributed by atoms with E-state index in [0.717, 1.165) is 43.3 Å². The van der Waals surface area contributed by atoms with E-state index in [4.69, 9.17) is 5.10 Å². The average molecular weight is 425 g/mol. The molecule has 1 aliphatic carbocycles. The third-order valence-electron chi connectivity index (χ3n) is 6.43. The SMILES string of the molecule is O=C(NCc1ccc(F)cc1F)C1CCN(c2nccn3nc4c(c23)CCCC4)CC1. The fourth-order valence-corrected chi connectivity index (χ4v) is 4.72. The number of benzene rings is 1. The first kappa shape index (κ1) is 19.9. The molecule has 0 radical (unpaired) electrons. The van der Waals surface area contributed by atoms with Gasteiger partial charge in [0.15, 0.2) is 5.82 Å². The molecule has 8 heteroatoms. The summed E-state index contributed by atoms with van der Waals surface area (Å²) in [5, 5.41) is 7.55. The lowest BCUT2D eigenvalue weighted by Gasteiger charge is -2.32. The van der Waals surface area contributed by atoms with Crippen LogP contribution in [-0.4, -0.2) is 33.6 Å². The molecule has 1 amide bonds. The van der Waals surface area contributed by atoms with Crippen LogP contribution in [0.25, 0.3) is 5.52 Å². The molecule has 1 N–H and O–H groups in total. The zero-order chi connectivity index (χ0) is 21.4. The molecule has 1 saturated heterocycles. The van der Waals surface area contributed by atoms with Crippen molar-refractivity contribution in [3.63, 3.8) is 0 Å². The number of nitrogens with one attached hydrogen (secondary N) is 1. The fraction of sp³-hybridized carbons (Fsp3) is 0.435. The van der Waals surface area contributed by atoms with Gasteiger partial charge in [-0.25, -0.2) is 18.3 Å². The van der Waals surface area contributed by atoms with E-state index in [-0.39, 0.29) is 23.9 Å². The van der Waals surface area contributed by atoms with Gasteiger partial charge in [0.05, 0.1) is 5.69 Å². The molecule has 0 saturated carbocycles. The number of rotatable bonds is 4. The Bertz CT molecular complexity index is 1120.